The van der Waals surface area contributed by atoms with Gasteiger partial charge >= 0.3 is 18.0 Å². The minimum atomic E-state index is -1.42. The quantitative estimate of drug-likeness (QED) is 0.184. The second kappa shape index (κ2) is 18.1. The highest BCUT2D eigenvalue weighted by Crippen LogP contribution is 2.44. The Bertz CT molecular complexity index is 1360. The Hall–Kier alpha value is -2.65. The molecule has 3 fully saturated rings. The van der Waals surface area contributed by atoms with Crippen LogP contribution >= 0.6 is 0 Å². The molecular weight excluding hydrogens is 698 g/mol. The summed E-state index contributed by atoms with van der Waals surface area (Å²) in [5.41, 5.74) is -3.37. The van der Waals surface area contributed by atoms with Gasteiger partial charge in [0.15, 0.2) is 11.9 Å². The second-order valence-electron chi connectivity index (χ2n) is 17.1. The van der Waals surface area contributed by atoms with Gasteiger partial charge < -0.3 is 38.4 Å². The molecule has 3 aliphatic heterocycles. The van der Waals surface area contributed by atoms with E-state index in [4.69, 9.17) is 28.4 Å². The number of hydrogen-bond acceptors (Lipinski definition) is 13. The third-order valence-electron chi connectivity index (χ3n) is 11.9. The Balaban J connectivity index is 2.26. The highest BCUT2D eigenvalue weighted by Gasteiger charge is 2.61. The number of Topliss-reactive ketones (excluding diaryl/α,β-unsaturated/α-hetero) is 1. The molecule has 3 aliphatic rings. The summed E-state index contributed by atoms with van der Waals surface area (Å²) >= 11 is 0. The lowest BCUT2D eigenvalue weighted by Gasteiger charge is -2.48. The number of nitrogens with zero attached hydrogens (tertiary/aromatic N) is 3. The molecule has 14 nitrogen and oxygen atoms in total. The van der Waals surface area contributed by atoms with Gasteiger partial charge in [0.05, 0.1) is 35.3 Å². The summed E-state index contributed by atoms with van der Waals surface area (Å²) < 4.78 is 37.8. The Morgan fingerprint density at radius 3 is 2.26 bits per heavy atom. The van der Waals surface area contributed by atoms with Crippen molar-refractivity contribution in [2.45, 2.75) is 174 Å². The number of carbonyl (C=O) groups excluding carboxylic acids is 4. The summed E-state index contributed by atoms with van der Waals surface area (Å²) in [6, 6.07) is -1.11. The molecule has 310 valence electrons. The number of likely N-dealkylation sites (N-methyl/N-ethyl adjacent to an activating group) is 1. The molecule has 3 heterocycles. The molecule has 1 amide bonds. The zero-order valence-corrected chi connectivity index (χ0v) is 35.4. The lowest BCUT2D eigenvalue weighted by Crippen LogP contribution is -2.61. The SMILES string of the molecule is CC=NC(C)(C)CN1C(=O)OC2(C)C(CC)OC(=O)C(C)C(OC(=O)CC)C(C)C(OC3OC(C)CC(N(C)C)C3O)C(C)(OC)CC(C)C(=O)C(C)C12. The van der Waals surface area contributed by atoms with E-state index in [1.54, 1.807) is 52.7 Å². The number of ether oxygens (including phenoxy) is 6. The van der Waals surface area contributed by atoms with Gasteiger partial charge in [0, 0.05) is 43.9 Å². The van der Waals surface area contributed by atoms with Crippen molar-refractivity contribution in [1.29, 1.82) is 0 Å². The number of fused-ring (bicyclic) bond motifs is 1. The van der Waals surface area contributed by atoms with Crippen molar-refractivity contribution in [3.05, 3.63) is 0 Å². The number of esters is 2. The zero-order chi connectivity index (χ0) is 41.1. The largest absolute Gasteiger partial charge is 0.461 e. The molecule has 0 spiro atoms. The van der Waals surface area contributed by atoms with Crippen LogP contribution in [-0.4, -0.2) is 138 Å². The molecule has 1 N–H and O–H groups in total. The highest BCUT2D eigenvalue weighted by molar-refractivity contribution is 5.85. The normalized spacial score (nSPS) is 40.3. The number of rotatable bonds is 10. The van der Waals surface area contributed by atoms with Crippen molar-refractivity contribution in [1.82, 2.24) is 9.80 Å². The standard InChI is InChI=1S/C40H69N3O11/c1-16-28-40(12)33(43(37(48)54-40)21-38(9,10)41-18-3)24(6)30(45)22(4)20-39(11,49-15)34(53-36-31(46)27(42(13)14)19-23(5)50-36)25(7)32(52-29(44)17-2)26(8)35(47)51-28/h18,22-28,31-34,36,46H,16-17,19-21H2,1-15H3. The average molecular weight is 768 g/mol. The van der Waals surface area contributed by atoms with Crippen LogP contribution in [0.4, 0.5) is 4.79 Å². The Morgan fingerprint density at radius 2 is 1.72 bits per heavy atom. The van der Waals surface area contributed by atoms with Crippen LogP contribution in [-0.2, 0) is 42.8 Å². The minimum Gasteiger partial charge on any atom is -0.461 e. The van der Waals surface area contributed by atoms with Crippen LogP contribution in [0.5, 0.6) is 0 Å². The molecule has 3 rings (SSSR count). The van der Waals surface area contributed by atoms with Crippen LogP contribution in [0.2, 0.25) is 0 Å². The molecule has 54 heavy (non-hydrogen) atoms. The number of hydrogen-bond donors (Lipinski definition) is 1. The number of methoxy groups -OCH3 is 1. The number of carbonyl (C=O) groups is 4. The maximum Gasteiger partial charge on any atom is 0.411 e. The van der Waals surface area contributed by atoms with E-state index in [1.165, 1.54) is 7.11 Å². The summed E-state index contributed by atoms with van der Waals surface area (Å²) in [5, 5.41) is 11.6. The van der Waals surface area contributed by atoms with E-state index in [0.717, 1.165) is 0 Å². The predicted octanol–water partition coefficient (Wildman–Crippen LogP) is 4.81. The smallest absolute Gasteiger partial charge is 0.411 e. The number of aliphatic hydroxyl groups is 1. The molecule has 3 saturated heterocycles. The van der Waals surface area contributed by atoms with E-state index in [9.17, 15) is 24.3 Å². The van der Waals surface area contributed by atoms with Gasteiger partial charge in [0.2, 0.25) is 0 Å². The third-order valence-corrected chi connectivity index (χ3v) is 11.9. The van der Waals surface area contributed by atoms with Crippen LogP contribution < -0.4 is 0 Å². The molecule has 14 heteroatoms. The predicted molar refractivity (Wildman–Crippen MR) is 203 cm³/mol. The number of amides is 1. The lowest BCUT2D eigenvalue weighted by molar-refractivity contribution is -0.301. The van der Waals surface area contributed by atoms with E-state index >= 15 is 0 Å². The summed E-state index contributed by atoms with van der Waals surface area (Å²) in [5.74, 6) is -4.54. The maximum atomic E-state index is 14.7. The van der Waals surface area contributed by atoms with E-state index < -0.39 is 95.2 Å². The summed E-state index contributed by atoms with van der Waals surface area (Å²) in [4.78, 5) is 64.0. The van der Waals surface area contributed by atoms with E-state index in [1.807, 2.05) is 60.5 Å². The van der Waals surface area contributed by atoms with Crippen LogP contribution in [0, 0.1) is 23.7 Å². The van der Waals surface area contributed by atoms with E-state index in [-0.39, 0.29) is 43.7 Å². The van der Waals surface area contributed by atoms with Gasteiger partial charge in [-0.25, -0.2) is 4.79 Å². The van der Waals surface area contributed by atoms with Gasteiger partial charge in [-0.05, 0) is 88.0 Å². The van der Waals surface area contributed by atoms with Gasteiger partial charge in [-0.3, -0.25) is 24.3 Å². The molecule has 0 radical (unpaired) electrons. The first-order valence-electron chi connectivity index (χ1n) is 19.7. The molecular formula is C40H69N3O11. The molecule has 0 aromatic heterocycles. The highest BCUT2D eigenvalue weighted by atomic mass is 16.7. The average Bonchev–Trinajstić information content (AvgIpc) is 3.35. The molecule has 14 atom stereocenters. The Kier molecular flexibility index (Phi) is 15.3. The first kappa shape index (κ1) is 45.7. The van der Waals surface area contributed by atoms with Gasteiger partial charge in [-0.2, -0.15) is 0 Å². The molecule has 0 aliphatic carbocycles. The van der Waals surface area contributed by atoms with Crippen LogP contribution in [0.1, 0.15) is 109 Å². The molecule has 14 unspecified atom stereocenters. The van der Waals surface area contributed by atoms with Crippen molar-refractivity contribution in [2.75, 3.05) is 27.7 Å². The van der Waals surface area contributed by atoms with Crippen molar-refractivity contribution in [3.63, 3.8) is 0 Å². The molecule has 0 aromatic rings. The monoisotopic (exact) mass is 767 g/mol. The summed E-state index contributed by atoms with van der Waals surface area (Å²) in [7, 11) is 5.28. The maximum absolute atomic E-state index is 14.7. The van der Waals surface area contributed by atoms with Crippen LogP contribution in [0.25, 0.3) is 0 Å². The van der Waals surface area contributed by atoms with E-state index in [0.29, 0.717) is 6.42 Å². The van der Waals surface area contributed by atoms with Crippen molar-refractivity contribution < 1.29 is 52.7 Å². The van der Waals surface area contributed by atoms with Gasteiger partial charge in [0.1, 0.15) is 24.1 Å². The topological polar surface area (TPSA) is 163 Å². The van der Waals surface area contributed by atoms with E-state index in [2.05, 4.69) is 4.99 Å². The first-order chi connectivity index (χ1) is 25.0. The minimum absolute atomic E-state index is 0.0511. The van der Waals surface area contributed by atoms with Crippen molar-refractivity contribution in [3.8, 4) is 0 Å². The first-order valence-corrected chi connectivity index (χ1v) is 19.7. The molecule has 0 bridgehead atoms. The number of aliphatic hydroxyl groups excluding tert-OH is 1. The fraction of sp³-hybridized carbons (Fsp3) is 0.875. The van der Waals surface area contributed by atoms with Gasteiger partial charge in [0.25, 0.3) is 0 Å². The summed E-state index contributed by atoms with van der Waals surface area (Å²) in [6.07, 6.45) is -3.35. The third kappa shape index (κ3) is 9.65. The lowest BCUT2D eigenvalue weighted by atomic mass is 9.73. The fourth-order valence-electron chi connectivity index (χ4n) is 9.03. The number of aliphatic imine (C=N–C) groups is 1. The molecule has 0 saturated carbocycles. The second-order valence-corrected chi connectivity index (χ2v) is 17.1. The number of ketones is 1. The fourth-order valence-corrected chi connectivity index (χ4v) is 9.03. The Labute approximate surface area is 322 Å². The number of cyclic esters (lactones) is 1. The Morgan fingerprint density at radius 1 is 1.09 bits per heavy atom. The zero-order valence-electron chi connectivity index (χ0n) is 35.4. The van der Waals surface area contributed by atoms with Crippen molar-refractivity contribution >= 4 is 30.0 Å². The van der Waals surface area contributed by atoms with Crippen molar-refractivity contribution in [2.24, 2.45) is 28.7 Å². The van der Waals surface area contributed by atoms with Gasteiger partial charge in [-0.15, -0.1) is 0 Å². The van der Waals surface area contributed by atoms with Crippen LogP contribution in [0.3, 0.4) is 0 Å². The summed E-state index contributed by atoms with van der Waals surface area (Å²) in [6.45, 7) is 21.7. The molecule has 0 aromatic carbocycles. The van der Waals surface area contributed by atoms with Crippen LogP contribution in [0.15, 0.2) is 4.99 Å². The van der Waals surface area contributed by atoms with Gasteiger partial charge in [-0.1, -0.05) is 34.6 Å².